The van der Waals surface area contributed by atoms with Crippen LogP contribution in [0, 0.1) is 0 Å². The van der Waals surface area contributed by atoms with Gasteiger partial charge in [0.15, 0.2) is 0 Å². The smallest absolute Gasteiger partial charge is 0.237 e. The molecule has 0 aliphatic rings. The molecule has 72 valence electrons. The quantitative estimate of drug-likeness (QED) is 0.590. The second-order valence-corrected chi connectivity index (χ2v) is 3.14. The van der Waals surface area contributed by atoms with E-state index >= 15 is 0 Å². The normalized spacial score (nSPS) is 9.92. The lowest BCUT2D eigenvalue weighted by molar-refractivity contribution is -0.128. The molecule has 1 amide bonds. The minimum atomic E-state index is 0.0620. The van der Waals surface area contributed by atoms with Gasteiger partial charge in [0.2, 0.25) is 5.91 Å². The summed E-state index contributed by atoms with van der Waals surface area (Å²) in [5, 5.41) is 0. The Balaban J connectivity index is 3.76. The van der Waals surface area contributed by atoms with Crippen molar-refractivity contribution in [1.82, 2.24) is 4.90 Å². The zero-order valence-corrected chi connectivity index (χ0v) is 8.73. The van der Waals surface area contributed by atoms with Crippen LogP contribution >= 0.6 is 11.6 Å². The highest BCUT2D eigenvalue weighted by molar-refractivity contribution is 6.27. The molecule has 0 aliphatic heterocycles. The third-order valence-corrected chi connectivity index (χ3v) is 1.97. The van der Waals surface area contributed by atoms with Crippen LogP contribution in [0.15, 0.2) is 0 Å². The Hall–Kier alpha value is -0.240. The van der Waals surface area contributed by atoms with Crippen LogP contribution in [0.2, 0.25) is 0 Å². The highest BCUT2D eigenvalue weighted by Gasteiger charge is 2.09. The van der Waals surface area contributed by atoms with Crippen LogP contribution in [0.25, 0.3) is 0 Å². The number of alkyl halides is 1. The number of carbonyl (C=O) groups excluding carboxylic acids is 1. The van der Waals surface area contributed by atoms with E-state index in [2.05, 4.69) is 13.8 Å². The summed E-state index contributed by atoms with van der Waals surface area (Å²) in [6.07, 6.45) is 3.20. The Bertz CT molecular complexity index is 128. The lowest BCUT2D eigenvalue weighted by atomic mass is 10.3. The SMILES string of the molecule is CCCCN(CCC)C(=O)CCl. The van der Waals surface area contributed by atoms with Gasteiger partial charge in [-0.05, 0) is 12.8 Å². The van der Waals surface area contributed by atoms with Gasteiger partial charge < -0.3 is 4.90 Å². The molecule has 0 N–H and O–H groups in total. The molecule has 2 nitrogen and oxygen atoms in total. The van der Waals surface area contributed by atoms with Crippen LogP contribution in [-0.4, -0.2) is 29.8 Å². The Morgan fingerprint density at radius 2 is 1.92 bits per heavy atom. The van der Waals surface area contributed by atoms with E-state index < -0.39 is 0 Å². The standard InChI is InChI=1S/C9H18ClNO/c1-3-5-7-11(6-4-2)9(12)8-10/h3-8H2,1-2H3. The average molecular weight is 192 g/mol. The van der Waals surface area contributed by atoms with Crippen LogP contribution in [0.3, 0.4) is 0 Å². The second-order valence-electron chi connectivity index (χ2n) is 2.87. The molecule has 0 atom stereocenters. The monoisotopic (exact) mass is 191 g/mol. The largest absolute Gasteiger partial charge is 0.342 e. The van der Waals surface area contributed by atoms with E-state index in [-0.39, 0.29) is 11.8 Å². The highest BCUT2D eigenvalue weighted by atomic mass is 35.5. The Kier molecular flexibility index (Phi) is 7.26. The van der Waals surface area contributed by atoms with E-state index in [9.17, 15) is 4.79 Å². The summed E-state index contributed by atoms with van der Waals surface area (Å²) >= 11 is 5.47. The van der Waals surface area contributed by atoms with Crippen LogP contribution in [-0.2, 0) is 4.79 Å². The maximum Gasteiger partial charge on any atom is 0.237 e. The minimum Gasteiger partial charge on any atom is -0.342 e. The van der Waals surface area contributed by atoms with Crippen molar-refractivity contribution in [1.29, 1.82) is 0 Å². The van der Waals surface area contributed by atoms with Crippen LogP contribution in [0.4, 0.5) is 0 Å². The van der Waals surface area contributed by atoms with Gasteiger partial charge in [0.1, 0.15) is 5.88 Å². The third kappa shape index (κ3) is 4.60. The van der Waals surface area contributed by atoms with Crippen molar-refractivity contribution in [3.8, 4) is 0 Å². The maximum atomic E-state index is 11.2. The molecule has 12 heavy (non-hydrogen) atoms. The Morgan fingerprint density at radius 1 is 1.25 bits per heavy atom. The van der Waals surface area contributed by atoms with Crippen molar-refractivity contribution in [2.45, 2.75) is 33.1 Å². The number of hydrogen-bond donors (Lipinski definition) is 0. The van der Waals surface area contributed by atoms with Gasteiger partial charge >= 0.3 is 0 Å². The predicted octanol–water partition coefficient (Wildman–Crippen LogP) is 2.26. The van der Waals surface area contributed by atoms with Crippen molar-refractivity contribution < 1.29 is 4.79 Å². The van der Waals surface area contributed by atoms with E-state index in [0.29, 0.717) is 0 Å². The molecule has 0 spiro atoms. The summed E-state index contributed by atoms with van der Waals surface area (Å²) < 4.78 is 0. The Labute approximate surface area is 79.9 Å². The van der Waals surface area contributed by atoms with Gasteiger partial charge in [-0.2, -0.15) is 0 Å². The summed E-state index contributed by atoms with van der Waals surface area (Å²) in [7, 11) is 0. The zero-order chi connectivity index (χ0) is 9.40. The number of amides is 1. The molecule has 0 aromatic rings. The van der Waals surface area contributed by atoms with E-state index in [1.165, 1.54) is 0 Å². The Morgan fingerprint density at radius 3 is 2.33 bits per heavy atom. The number of nitrogens with zero attached hydrogens (tertiary/aromatic N) is 1. The molecule has 0 fully saturated rings. The molecular weight excluding hydrogens is 174 g/mol. The van der Waals surface area contributed by atoms with Gasteiger partial charge in [0.05, 0.1) is 0 Å². The highest BCUT2D eigenvalue weighted by Crippen LogP contribution is 1.98. The number of rotatable bonds is 6. The van der Waals surface area contributed by atoms with E-state index in [4.69, 9.17) is 11.6 Å². The zero-order valence-electron chi connectivity index (χ0n) is 7.98. The first-order chi connectivity index (χ1) is 5.76. The van der Waals surface area contributed by atoms with E-state index in [1.54, 1.807) is 0 Å². The van der Waals surface area contributed by atoms with Crippen molar-refractivity contribution >= 4 is 17.5 Å². The first-order valence-electron chi connectivity index (χ1n) is 4.60. The summed E-state index contributed by atoms with van der Waals surface area (Å²) in [5.41, 5.74) is 0. The average Bonchev–Trinajstić information content (AvgIpc) is 2.11. The van der Waals surface area contributed by atoms with Gasteiger partial charge in [-0.25, -0.2) is 0 Å². The molecule has 0 aromatic heterocycles. The van der Waals surface area contributed by atoms with Gasteiger partial charge in [0, 0.05) is 13.1 Å². The van der Waals surface area contributed by atoms with Crippen LogP contribution in [0.1, 0.15) is 33.1 Å². The third-order valence-electron chi connectivity index (χ3n) is 1.74. The molecule has 0 saturated heterocycles. The van der Waals surface area contributed by atoms with Crippen LogP contribution in [0.5, 0.6) is 0 Å². The molecular formula is C9H18ClNO. The summed E-state index contributed by atoms with van der Waals surface area (Å²) in [4.78, 5) is 13.0. The number of carbonyl (C=O) groups is 1. The van der Waals surface area contributed by atoms with Crippen molar-refractivity contribution in [3.05, 3.63) is 0 Å². The predicted molar refractivity (Wildman–Crippen MR) is 52.5 cm³/mol. The minimum absolute atomic E-state index is 0.0620. The van der Waals surface area contributed by atoms with Crippen molar-refractivity contribution in [2.75, 3.05) is 19.0 Å². The van der Waals surface area contributed by atoms with Crippen molar-refractivity contribution in [2.24, 2.45) is 0 Å². The molecule has 0 heterocycles. The maximum absolute atomic E-state index is 11.2. The molecule has 0 aliphatic carbocycles. The van der Waals surface area contributed by atoms with Gasteiger partial charge in [-0.15, -0.1) is 11.6 Å². The fraction of sp³-hybridized carbons (Fsp3) is 0.889. The molecule has 0 saturated carbocycles. The molecule has 0 aromatic carbocycles. The molecule has 0 rings (SSSR count). The topological polar surface area (TPSA) is 20.3 Å². The summed E-state index contributed by atoms with van der Waals surface area (Å²) in [5.74, 6) is 0.177. The van der Waals surface area contributed by atoms with E-state index in [1.807, 2.05) is 4.90 Å². The molecule has 0 unspecified atom stereocenters. The number of halogens is 1. The second kappa shape index (κ2) is 7.41. The summed E-state index contributed by atoms with van der Waals surface area (Å²) in [6, 6.07) is 0. The molecule has 0 radical (unpaired) electrons. The lowest BCUT2D eigenvalue weighted by Gasteiger charge is -2.20. The van der Waals surface area contributed by atoms with Crippen molar-refractivity contribution in [3.63, 3.8) is 0 Å². The first-order valence-corrected chi connectivity index (χ1v) is 5.13. The number of unbranched alkanes of at least 4 members (excludes halogenated alkanes) is 1. The van der Waals surface area contributed by atoms with E-state index in [0.717, 1.165) is 32.4 Å². The first kappa shape index (κ1) is 11.8. The lowest BCUT2D eigenvalue weighted by Crippen LogP contribution is -2.33. The van der Waals surface area contributed by atoms with Gasteiger partial charge in [-0.3, -0.25) is 4.79 Å². The van der Waals surface area contributed by atoms with Crippen LogP contribution < -0.4 is 0 Å². The summed E-state index contributed by atoms with van der Waals surface area (Å²) in [6.45, 7) is 5.89. The number of hydrogen-bond acceptors (Lipinski definition) is 1. The fourth-order valence-corrected chi connectivity index (χ4v) is 1.23. The van der Waals surface area contributed by atoms with Gasteiger partial charge in [0.25, 0.3) is 0 Å². The van der Waals surface area contributed by atoms with Gasteiger partial charge in [-0.1, -0.05) is 20.3 Å². The molecule has 3 heteroatoms. The fourth-order valence-electron chi connectivity index (χ4n) is 1.06. The molecule has 0 bridgehead atoms.